The Morgan fingerprint density at radius 3 is 2.59 bits per heavy atom. The van der Waals surface area contributed by atoms with E-state index < -0.39 is 0 Å². The maximum Gasteiger partial charge on any atom is 0.258 e. The molecular formula is C29H39N7O3. The lowest BCUT2D eigenvalue weighted by Gasteiger charge is -2.32. The Bertz CT molecular complexity index is 1460. The molecule has 1 fully saturated rings. The lowest BCUT2D eigenvalue weighted by molar-refractivity contribution is 0.220. The number of hydrogen-bond acceptors (Lipinski definition) is 8. The second kappa shape index (κ2) is 12.0. The molecule has 3 N–H and O–H groups in total. The van der Waals surface area contributed by atoms with E-state index in [9.17, 15) is 9.90 Å². The highest BCUT2D eigenvalue weighted by molar-refractivity contribution is 5.78. The molecule has 0 spiro atoms. The summed E-state index contributed by atoms with van der Waals surface area (Å²) in [5, 5.41) is 16.3. The molecule has 0 aliphatic carbocycles. The van der Waals surface area contributed by atoms with Gasteiger partial charge in [-0.05, 0) is 56.9 Å². The van der Waals surface area contributed by atoms with E-state index in [1.165, 1.54) is 0 Å². The number of fused-ring (bicyclic) bond motifs is 1. The minimum Gasteiger partial charge on any atom is -0.462 e. The molecule has 0 unspecified atom stereocenters. The third kappa shape index (κ3) is 6.02. The number of anilines is 2. The molecule has 3 aromatic heterocycles. The van der Waals surface area contributed by atoms with E-state index >= 15 is 0 Å². The summed E-state index contributed by atoms with van der Waals surface area (Å²) in [4.78, 5) is 24.9. The summed E-state index contributed by atoms with van der Waals surface area (Å²) in [6.45, 7) is 8.01. The monoisotopic (exact) mass is 533 g/mol. The third-order valence-corrected chi connectivity index (χ3v) is 7.56. The lowest BCUT2D eigenvalue weighted by Crippen LogP contribution is -2.41. The second-order valence-corrected chi connectivity index (χ2v) is 10.3. The summed E-state index contributed by atoms with van der Waals surface area (Å²) >= 11 is 0. The standard InChI is InChI=1S/C29H39N7O3/c1-4-14-30-28-31-20(2)24(27(38)34(28)3)13-17-35-15-11-21(12-16-35)32-29-33-25-7-5-6-8-26(25)36(29)18-22-9-10-23(19-37)39-22/h5-10,21,37H,4,11-19H2,1-3H3,(H,30,31)(H,32,33). The number of aryl methyl sites for hydroxylation is 1. The van der Waals surface area contributed by atoms with Crippen molar-refractivity contribution in [2.24, 2.45) is 7.05 Å². The van der Waals surface area contributed by atoms with E-state index in [1.807, 2.05) is 37.3 Å². The number of imidazole rings is 1. The van der Waals surface area contributed by atoms with Crippen LogP contribution in [0.15, 0.2) is 45.6 Å². The molecule has 0 amide bonds. The van der Waals surface area contributed by atoms with Gasteiger partial charge in [0.2, 0.25) is 11.9 Å². The summed E-state index contributed by atoms with van der Waals surface area (Å²) in [5.41, 5.74) is 3.64. The zero-order valence-corrected chi connectivity index (χ0v) is 23.1. The Labute approximate surface area is 228 Å². The molecule has 208 valence electrons. The van der Waals surface area contributed by atoms with Crippen molar-refractivity contribution in [2.45, 2.75) is 58.7 Å². The Kier molecular flexibility index (Phi) is 8.33. The molecule has 1 saturated heterocycles. The molecule has 0 atom stereocenters. The molecule has 1 aliphatic heterocycles. The molecule has 1 aliphatic rings. The van der Waals surface area contributed by atoms with Crippen molar-refractivity contribution in [3.8, 4) is 0 Å². The van der Waals surface area contributed by atoms with E-state index in [2.05, 4.69) is 38.1 Å². The fourth-order valence-corrected chi connectivity index (χ4v) is 5.28. The van der Waals surface area contributed by atoms with Gasteiger partial charge in [-0.25, -0.2) is 9.97 Å². The highest BCUT2D eigenvalue weighted by Crippen LogP contribution is 2.24. The van der Waals surface area contributed by atoms with Crippen LogP contribution in [-0.4, -0.2) is 61.3 Å². The van der Waals surface area contributed by atoms with Crippen LogP contribution in [0.4, 0.5) is 11.9 Å². The maximum atomic E-state index is 13.0. The van der Waals surface area contributed by atoms with Gasteiger partial charge in [0.15, 0.2) is 0 Å². The minimum absolute atomic E-state index is 0.0409. The Morgan fingerprint density at radius 2 is 1.85 bits per heavy atom. The molecule has 39 heavy (non-hydrogen) atoms. The average molecular weight is 534 g/mol. The van der Waals surface area contributed by atoms with E-state index in [0.29, 0.717) is 30.7 Å². The van der Waals surface area contributed by atoms with E-state index in [4.69, 9.17) is 9.40 Å². The normalized spacial score (nSPS) is 14.8. The van der Waals surface area contributed by atoms with Gasteiger partial charge in [0.1, 0.15) is 18.1 Å². The van der Waals surface area contributed by atoms with Crippen LogP contribution in [0.1, 0.15) is 49.0 Å². The van der Waals surface area contributed by atoms with Crippen LogP contribution in [0.3, 0.4) is 0 Å². The van der Waals surface area contributed by atoms with Crippen molar-refractivity contribution >= 4 is 22.9 Å². The first-order valence-electron chi connectivity index (χ1n) is 13.9. The van der Waals surface area contributed by atoms with Crippen LogP contribution >= 0.6 is 0 Å². The van der Waals surface area contributed by atoms with Crippen LogP contribution in [0.2, 0.25) is 0 Å². The molecule has 0 saturated carbocycles. The van der Waals surface area contributed by atoms with Crippen molar-refractivity contribution in [2.75, 3.05) is 36.8 Å². The molecule has 10 nitrogen and oxygen atoms in total. The number of nitrogens with one attached hydrogen (secondary N) is 2. The third-order valence-electron chi connectivity index (χ3n) is 7.56. The number of aliphatic hydroxyl groups excluding tert-OH is 1. The number of furan rings is 1. The van der Waals surface area contributed by atoms with Crippen LogP contribution in [0.5, 0.6) is 0 Å². The van der Waals surface area contributed by atoms with Crippen molar-refractivity contribution < 1.29 is 9.52 Å². The molecular weight excluding hydrogens is 494 g/mol. The first-order valence-corrected chi connectivity index (χ1v) is 13.9. The van der Waals surface area contributed by atoms with Crippen molar-refractivity contribution in [1.82, 2.24) is 24.0 Å². The Hall–Kier alpha value is -3.63. The summed E-state index contributed by atoms with van der Waals surface area (Å²) in [6.07, 6.45) is 3.67. The van der Waals surface area contributed by atoms with E-state index in [0.717, 1.165) is 79.4 Å². The molecule has 0 bridgehead atoms. The largest absolute Gasteiger partial charge is 0.462 e. The topological polar surface area (TPSA) is 113 Å². The number of rotatable bonds is 11. The highest BCUT2D eigenvalue weighted by Gasteiger charge is 2.22. The zero-order valence-electron chi connectivity index (χ0n) is 23.1. The average Bonchev–Trinajstić information content (AvgIpc) is 3.55. The number of aliphatic hydroxyl groups is 1. The minimum atomic E-state index is -0.111. The number of likely N-dealkylation sites (tertiary alicyclic amines) is 1. The van der Waals surface area contributed by atoms with E-state index in [1.54, 1.807) is 11.6 Å². The number of hydrogen-bond donors (Lipinski definition) is 3. The van der Waals surface area contributed by atoms with Crippen LogP contribution < -0.4 is 16.2 Å². The quantitative estimate of drug-likeness (QED) is 0.268. The summed E-state index contributed by atoms with van der Waals surface area (Å²) < 4.78 is 9.54. The predicted octanol–water partition coefficient (Wildman–Crippen LogP) is 3.51. The van der Waals surface area contributed by atoms with Crippen molar-refractivity contribution in [3.05, 3.63) is 69.5 Å². The first-order chi connectivity index (χ1) is 19.0. The molecule has 10 heteroatoms. The summed E-state index contributed by atoms with van der Waals surface area (Å²) in [5.74, 6) is 2.81. The first kappa shape index (κ1) is 27.0. The van der Waals surface area contributed by atoms with Gasteiger partial charge in [0.05, 0.1) is 17.6 Å². The van der Waals surface area contributed by atoms with Crippen LogP contribution in [0, 0.1) is 6.92 Å². The zero-order chi connectivity index (χ0) is 27.4. The number of aromatic nitrogens is 4. The van der Waals surface area contributed by atoms with Gasteiger partial charge in [0.25, 0.3) is 5.56 Å². The molecule has 1 aromatic carbocycles. The molecule has 4 heterocycles. The maximum absolute atomic E-state index is 13.0. The SMILES string of the molecule is CCCNc1nc(C)c(CCN2CCC(Nc3nc4ccccc4n3Cc3ccc(CO)o3)CC2)c(=O)n1C. The van der Waals surface area contributed by atoms with Gasteiger partial charge in [-0.3, -0.25) is 9.36 Å². The smallest absolute Gasteiger partial charge is 0.258 e. The van der Waals surface area contributed by atoms with Crippen LogP contribution in [0.25, 0.3) is 11.0 Å². The molecule has 0 radical (unpaired) electrons. The fourth-order valence-electron chi connectivity index (χ4n) is 5.28. The molecule has 5 rings (SSSR count). The van der Waals surface area contributed by atoms with Gasteiger partial charge in [0, 0.05) is 50.5 Å². The van der Waals surface area contributed by atoms with Gasteiger partial charge in [-0.2, -0.15) is 0 Å². The Morgan fingerprint density at radius 1 is 1.08 bits per heavy atom. The summed E-state index contributed by atoms with van der Waals surface area (Å²) in [7, 11) is 1.79. The number of benzene rings is 1. The fraction of sp³-hybridized carbons (Fsp3) is 0.483. The highest BCUT2D eigenvalue weighted by atomic mass is 16.4. The molecule has 4 aromatic rings. The van der Waals surface area contributed by atoms with Crippen LogP contribution in [-0.2, 0) is 26.6 Å². The number of piperidine rings is 1. The van der Waals surface area contributed by atoms with E-state index in [-0.39, 0.29) is 12.2 Å². The number of para-hydroxylation sites is 2. The van der Waals surface area contributed by atoms with Gasteiger partial charge in [-0.1, -0.05) is 19.1 Å². The second-order valence-electron chi connectivity index (χ2n) is 10.3. The number of nitrogens with zero attached hydrogens (tertiary/aromatic N) is 5. The predicted molar refractivity (Wildman–Crippen MR) is 153 cm³/mol. The van der Waals surface area contributed by atoms with Gasteiger partial charge < -0.3 is 29.6 Å². The Balaban J connectivity index is 1.21. The van der Waals surface area contributed by atoms with Crippen molar-refractivity contribution in [3.63, 3.8) is 0 Å². The lowest BCUT2D eigenvalue weighted by atomic mass is 10.0. The van der Waals surface area contributed by atoms with Crippen molar-refractivity contribution in [1.29, 1.82) is 0 Å². The van der Waals surface area contributed by atoms with Gasteiger partial charge >= 0.3 is 0 Å². The summed E-state index contributed by atoms with van der Waals surface area (Å²) in [6, 6.07) is 12.1. The van der Waals surface area contributed by atoms with Gasteiger partial charge in [-0.15, -0.1) is 0 Å².